The number of hydrogen-bond acceptors (Lipinski definition) is 3. The lowest BCUT2D eigenvalue weighted by molar-refractivity contribution is 0.199. The molecule has 21 heavy (non-hydrogen) atoms. The van der Waals surface area contributed by atoms with Gasteiger partial charge in [-0.15, -0.1) is 6.58 Å². The predicted octanol–water partition coefficient (Wildman–Crippen LogP) is 3.86. The molecule has 0 aliphatic carbocycles. The molecular weight excluding hydrogens is 262 g/mol. The van der Waals surface area contributed by atoms with Gasteiger partial charge >= 0.3 is 0 Å². The average molecular weight is 291 g/mol. The summed E-state index contributed by atoms with van der Waals surface area (Å²) >= 11 is 0. The maximum Gasteiger partial charge on any atom is 0.123 e. The first-order valence-electron chi connectivity index (χ1n) is 7.80. The van der Waals surface area contributed by atoms with Crippen LogP contribution >= 0.6 is 0 Å². The Labute approximate surface area is 129 Å². The number of unbranched alkanes of at least 4 members (excludes halogenated alkanes) is 3. The van der Waals surface area contributed by atoms with Crippen molar-refractivity contribution in [3.8, 4) is 5.75 Å². The minimum atomic E-state index is 0.727. The highest BCUT2D eigenvalue weighted by Crippen LogP contribution is 2.20. The number of aryl methyl sites for hydroxylation is 1. The van der Waals surface area contributed by atoms with Crippen molar-refractivity contribution >= 4 is 0 Å². The second-order valence-corrected chi connectivity index (χ2v) is 5.27. The first-order chi connectivity index (χ1) is 10.3. The summed E-state index contributed by atoms with van der Waals surface area (Å²) in [7, 11) is 1.72. The van der Waals surface area contributed by atoms with Crippen molar-refractivity contribution in [2.45, 2.75) is 39.2 Å². The van der Waals surface area contributed by atoms with Crippen LogP contribution < -0.4 is 10.1 Å². The van der Waals surface area contributed by atoms with Crippen LogP contribution in [-0.4, -0.2) is 26.9 Å². The van der Waals surface area contributed by atoms with Gasteiger partial charge in [0.15, 0.2) is 0 Å². The summed E-state index contributed by atoms with van der Waals surface area (Å²) in [5, 5.41) is 3.37. The minimum absolute atomic E-state index is 0.727. The highest BCUT2D eigenvalue weighted by Gasteiger charge is 2.04. The SMILES string of the molecule is C=CCCCCCOc1ccc(C)cc1CNCCOC. The van der Waals surface area contributed by atoms with Crippen LogP contribution in [0.4, 0.5) is 0 Å². The number of ether oxygens (including phenoxy) is 2. The van der Waals surface area contributed by atoms with E-state index in [1.54, 1.807) is 7.11 Å². The quantitative estimate of drug-likeness (QED) is 0.468. The third-order valence-corrected chi connectivity index (χ3v) is 3.32. The number of rotatable bonds is 12. The molecule has 0 atom stereocenters. The molecule has 3 heteroatoms. The normalized spacial score (nSPS) is 10.6. The standard InChI is InChI=1S/C18H29NO2/c1-4-5-6-7-8-12-21-18-10-9-16(2)14-17(18)15-19-11-13-20-3/h4,9-10,14,19H,1,5-8,11-13,15H2,2-3H3. The van der Waals surface area contributed by atoms with Gasteiger partial charge in [-0.2, -0.15) is 0 Å². The molecular formula is C18H29NO2. The molecule has 118 valence electrons. The van der Waals surface area contributed by atoms with Gasteiger partial charge in [0.1, 0.15) is 5.75 Å². The molecule has 0 spiro atoms. The van der Waals surface area contributed by atoms with Crippen molar-refractivity contribution in [1.82, 2.24) is 5.32 Å². The van der Waals surface area contributed by atoms with Crippen LogP contribution in [0, 0.1) is 6.92 Å². The lowest BCUT2D eigenvalue weighted by Gasteiger charge is -2.13. The van der Waals surface area contributed by atoms with Crippen molar-refractivity contribution in [2.75, 3.05) is 26.9 Å². The Morgan fingerprint density at radius 2 is 2.05 bits per heavy atom. The van der Waals surface area contributed by atoms with Gasteiger partial charge < -0.3 is 14.8 Å². The van der Waals surface area contributed by atoms with Crippen molar-refractivity contribution in [1.29, 1.82) is 0 Å². The molecule has 3 nitrogen and oxygen atoms in total. The zero-order chi connectivity index (χ0) is 15.3. The Morgan fingerprint density at radius 3 is 2.81 bits per heavy atom. The molecule has 1 aromatic rings. The van der Waals surface area contributed by atoms with E-state index in [-0.39, 0.29) is 0 Å². The Morgan fingerprint density at radius 1 is 1.19 bits per heavy atom. The number of hydrogen-bond donors (Lipinski definition) is 1. The zero-order valence-corrected chi connectivity index (χ0v) is 13.5. The summed E-state index contributed by atoms with van der Waals surface area (Å²) in [5.41, 5.74) is 2.48. The largest absolute Gasteiger partial charge is 0.493 e. The number of nitrogens with one attached hydrogen (secondary N) is 1. The summed E-state index contributed by atoms with van der Waals surface area (Å²) in [5.74, 6) is 0.995. The van der Waals surface area contributed by atoms with Crippen LogP contribution in [0.1, 0.15) is 36.8 Å². The van der Waals surface area contributed by atoms with E-state index in [1.807, 2.05) is 6.08 Å². The Hall–Kier alpha value is -1.32. The molecule has 0 amide bonds. The van der Waals surface area contributed by atoms with Gasteiger partial charge in [0.05, 0.1) is 13.2 Å². The molecule has 0 unspecified atom stereocenters. The molecule has 0 saturated carbocycles. The lowest BCUT2D eigenvalue weighted by atomic mass is 10.1. The van der Waals surface area contributed by atoms with Crippen LogP contribution in [0.25, 0.3) is 0 Å². The van der Waals surface area contributed by atoms with E-state index in [0.717, 1.165) is 44.9 Å². The molecule has 0 radical (unpaired) electrons. The molecule has 0 heterocycles. The van der Waals surface area contributed by atoms with E-state index in [0.29, 0.717) is 0 Å². The van der Waals surface area contributed by atoms with Crippen LogP contribution in [0.3, 0.4) is 0 Å². The van der Waals surface area contributed by atoms with E-state index in [4.69, 9.17) is 9.47 Å². The first kappa shape index (κ1) is 17.7. The van der Waals surface area contributed by atoms with Crippen molar-refractivity contribution < 1.29 is 9.47 Å². The highest BCUT2D eigenvalue weighted by atomic mass is 16.5. The lowest BCUT2D eigenvalue weighted by Crippen LogP contribution is -2.19. The molecule has 0 bridgehead atoms. The third-order valence-electron chi connectivity index (χ3n) is 3.32. The Bertz CT molecular complexity index is 404. The van der Waals surface area contributed by atoms with Crippen LogP contribution in [-0.2, 0) is 11.3 Å². The van der Waals surface area contributed by atoms with E-state index in [2.05, 4.69) is 37.0 Å². The fourth-order valence-electron chi connectivity index (χ4n) is 2.13. The van der Waals surface area contributed by atoms with Crippen molar-refractivity contribution in [2.24, 2.45) is 0 Å². The molecule has 0 fully saturated rings. The molecule has 0 aliphatic heterocycles. The summed E-state index contributed by atoms with van der Waals surface area (Å²) in [6.45, 7) is 9.03. The molecule has 1 aromatic carbocycles. The molecule has 1 rings (SSSR count). The van der Waals surface area contributed by atoms with Gasteiger partial charge in [-0.3, -0.25) is 0 Å². The second kappa shape index (κ2) is 11.4. The minimum Gasteiger partial charge on any atom is -0.493 e. The summed E-state index contributed by atoms with van der Waals surface area (Å²) < 4.78 is 11.0. The smallest absolute Gasteiger partial charge is 0.123 e. The first-order valence-corrected chi connectivity index (χ1v) is 7.80. The van der Waals surface area contributed by atoms with E-state index in [1.165, 1.54) is 24.0 Å². The fraction of sp³-hybridized carbons (Fsp3) is 0.556. The van der Waals surface area contributed by atoms with E-state index >= 15 is 0 Å². The second-order valence-electron chi connectivity index (χ2n) is 5.27. The topological polar surface area (TPSA) is 30.5 Å². The molecule has 0 saturated heterocycles. The fourth-order valence-corrected chi connectivity index (χ4v) is 2.13. The molecule has 1 N–H and O–H groups in total. The number of benzene rings is 1. The van der Waals surface area contributed by atoms with Gasteiger partial charge in [-0.25, -0.2) is 0 Å². The number of allylic oxidation sites excluding steroid dienone is 1. The van der Waals surface area contributed by atoms with E-state index < -0.39 is 0 Å². The zero-order valence-electron chi connectivity index (χ0n) is 13.5. The van der Waals surface area contributed by atoms with Gasteiger partial charge in [-0.1, -0.05) is 23.8 Å². The van der Waals surface area contributed by atoms with Crippen molar-refractivity contribution in [3.63, 3.8) is 0 Å². The highest BCUT2D eigenvalue weighted by molar-refractivity contribution is 5.36. The monoisotopic (exact) mass is 291 g/mol. The summed E-state index contributed by atoms with van der Waals surface area (Å²) in [4.78, 5) is 0. The van der Waals surface area contributed by atoms with E-state index in [9.17, 15) is 0 Å². The predicted molar refractivity (Wildman–Crippen MR) is 88.9 cm³/mol. The number of methoxy groups -OCH3 is 1. The Kier molecular flexibility index (Phi) is 9.58. The van der Waals surface area contributed by atoms with Crippen molar-refractivity contribution in [3.05, 3.63) is 42.0 Å². The van der Waals surface area contributed by atoms with Gasteiger partial charge in [0, 0.05) is 25.8 Å². The maximum absolute atomic E-state index is 5.93. The van der Waals surface area contributed by atoms with Crippen LogP contribution in [0.15, 0.2) is 30.9 Å². The summed E-state index contributed by atoms with van der Waals surface area (Å²) in [6, 6.07) is 6.37. The molecule has 0 aromatic heterocycles. The third kappa shape index (κ3) is 7.88. The van der Waals surface area contributed by atoms with Gasteiger partial charge in [-0.05, 0) is 38.7 Å². The average Bonchev–Trinajstić information content (AvgIpc) is 2.49. The molecule has 0 aliphatic rings. The maximum atomic E-state index is 5.93. The van der Waals surface area contributed by atoms with Gasteiger partial charge in [0.25, 0.3) is 0 Å². The van der Waals surface area contributed by atoms with Crippen LogP contribution in [0.5, 0.6) is 5.75 Å². The van der Waals surface area contributed by atoms with Gasteiger partial charge in [0.2, 0.25) is 0 Å². The van der Waals surface area contributed by atoms with Crippen LogP contribution in [0.2, 0.25) is 0 Å². The summed E-state index contributed by atoms with van der Waals surface area (Å²) in [6.07, 6.45) is 6.56. The Balaban J connectivity index is 2.38.